The van der Waals surface area contributed by atoms with Crippen LogP contribution in [-0.2, 0) is 17.8 Å². The molecule has 224 valence electrons. The zero-order valence-corrected chi connectivity index (χ0v) is 24.9. The molecule has 0 bridgehead atoms. The Morgan fingerprint density at radius 1 is 1.07 bits per heavy atom. The maximum atomic E-state index is 16.0. The lowest BCUT2D eigenvalue weighted by Crippen LogP contribution is -2.30. The molecule has 0 saturated heterocycles. The van der Waals surface area contributed by atoms with E-state index in [1.807, 2.05) is 6.92 Å². The van der Waals surface area contributed by atoms with Crippen molar-refractivity contribution in [2.45, 2.75) is 51.7 Å². The van der Waals surface area contributed by atoms with Crippen LogP contribution in [0.5, 0.6) is 0 Å². The standard InChI is InChI=1S/C29H29F4N7O2Si/c1-18-25-26(36-38(18)17-42-11-12-43(2,3)4)28(41)40(21-7-9-37-10-8-34-24(37)14-21)27(25)22-6-5-19(13-23(22)30)20-15-35-39(16-20)29(31,32)33/h5-10,13-16,27H,11-12,17H2,1-4H3. The number of ether oxygens (including phenoxy) is 1. The predicted octanol–water partition coefficient (Wildman–Crippen LogP) is 6.38. The van der Waals surface area contributed by atoms with Crippen molar-refractivity contribution in [3.8, 4) is 11.1 Å². The number of anilines is 1. The molecule has 1 unspecified atom stereocenters. The first-order valence-corrected chi connectivity index (χ1v) is 17.4. The molecule has 0 fully saturated rings. The minimum absolute atomic E-state index is 0.104. The molecule has 1 atom stereocenters. The van der Waals surface area contributed by atoms with E-state index in [0.29, 0.717) is 29.2 Å². The number of carbonyl (C=O) groups excluding carboxylic acids is 1. The van der Waals surface area contributed by atoms with E-state index in [1.54, 1.807) is 39.8 Å². The summed E-state index contributed by atoms with van der Waals surface area (Å²) in [6.07, 6.45) is 2.30. The average molecular weight is 612 g/mol. The van der Waals surface area contributed by atoms with Gasteiger partial charge < -0.3 is 9.14 Å². The maximum absolute atomic E-state index is 16.0. The lowest BCUT2D eigenvalue weighted by molar-refractivity contribution is -0.212. The summed E-state index contributed by atoms with van der Waals surface area (Å²) in [4.78, 5) is 19.7. The molecule has 0 aliphatic carbocycles. The monoisotopic (exact) mass is 611 g/mol. The highest BCUT2D eigenvalue weighted by atomic mass is 28.3. The Labute approximate surface area is 245 Å². The number of hydrogen-bond acceptors (Lipinski definition) is 5. The van der Waals surface area contributed by atoms with Crippen molar-refractivity contribution in [3.05, 3.63) is 89.6 Å². The first-order chi connectivity index (χ1) is 20.3. The Bertz CT molecular complexity index is 1840. The normalized spacial score (nSPS) is 15.6. The van der Waals surface area contributed by atoms with Gasteiger partial charge in [0.15, 0.2) is 5.69 Å². The molecule has 4 aromatic heterocycles. The number of amides is 1. The molecule has 6 rings (SSSR count). The van der Waals surface area contributed by atoms with Crippen LogP contribution in [0.15, 0.2) is 61.3 Å². The Morgan fingerprint density at radius 2 is 1.86 bits per heavy atom. The van der Waals surface area contributed by atoms with Crippen molar-refractivity contribution < 1.29 is 27.1 Å². The fourth-order valence-electron chi connectivity index (χ4n) is 5.21. The molecule has 5 heterocycles. The van der Waals surface area contributed by atoms with Crippen LogP contribution in [0.3, 0.4) is 0 Å². The molecule has 0 saturated carbocycles. The number of benzene rings is 1. The van der Waals surface area contributed by atoms with Crippen LogP contribution in [0.1, 0.15) is 33.4 Å². The predicted molar refractivity (Wildman–Crippen MR) is 154 cm³/mol. The minimum Gasteiger partial charge on any atom is -0.360 e. The number of rotatable bonds is 8. The van der Waals surface area contributed by atoms with E-state index in [9.17, 15) is 18.0 Å². The number of imidazole rings is 1. The van der Waals surface area contributed by atoms with E-state index < -0.39 is 32.1 Å². The third-order valence-corrected chi connectivity index (χ3v) is 9.25. The quantitative estimate of drug-likeness (QED) is 0.116. The number of nitrogens with zero attached hydrogens (tertiary/aromatic N) is 7. The van der Waals surface area contributed by atoms with Gasteiger partial charge in [0.05, 0.1) is 17.9 Å². The molecule has 1 aliphatic rings. The molecule has 14 heteroatoms. The summed E-state index contributed by atoms with van der Waals surface area (Å²) in [5.41, 5.74) is 2.97. The summed E-state index contributed by atoms with van der Waals surface area (Å²) in [6.45, 7) is 9.29. The summed E-state index contributed by atoms with van der Waals surface area (Å²) >= 11 is 0. The van der Waals surface area contributed by atoms with Crippen molar-refractivity contribution in [1.82, 2.24) is 28.9 Å². The number of carbonyl (C=O) groups is 1. The van der Waals surface area contributed by atoms with Gasteiger partial charge in [0.2, 0.25) is 0 Å². The van der Waals surface area contributed by atoms with Gasteiger partial charge in [-0.2, -0.15) is 14.9 Å². The molecule has 43 heavy (non-hydrogen) atoms. The Hall–Kier alpha value is -4.30. The molecule has 0 N–H and O–H groups in total. The van der Waals surface area contributed by atoms with Crippen LogP contribution in [0, 0.1) is 12.7 Å². The Morgan fingerprint density at radius 3 is 2.56 bits per heavy atom. The van der Waals surface area contributed by atoms with Crippen LogP contribution < -0.4 is 4.90 Å². The van der Waals surface area contributed by atoms with Crippen LogP contribution in [-0.4, -0.2) is 49.5 Å². The van der Waals surface area contributed by atoms with Crippen molar-refractivity contribution >= 4 is 25.3 Å². The highest BCUT2D eigenvalue weighted by Crippen LogP contribution is 2.44. The topological polar surface area (TPSA) is 82.5 Å². The molecule has 1 aliphatic heterocycles. The van der Waals surface area contributed by atoms with E-state index in [-0.39, 0.29) is 33.8 Å². The number of hydrogen-bond donors (Lipinski definition) is 0. The second kappa shape index (κ2) is 10.5. The third kappa shape index (κ3) is 5.36. The van der Waals surface area contributed by atoms with E-state index in [4.69, 9.17) is 4.74 Å². The van der Waals surface area contributed by atoms with Crippen LogP contribution >= 0.6 is 0 Å². The summed E-state index contributed by atoms with van der Waals surface area (Å²) in [6, 6.07) is 7.73. The lowest BCUT2D eigenvalue weighted by atomic mass is 9.96. The highest BCUT2D eigenvalue weighted by molar-refractivity contribution is 6.76. The van der Waals surface area contributed by atoms with Crippen molar-refractivity contribution in [1.29, 1.82) is 0 Å². The highest BCUT2D eigenvalue weighted by Gasteiger charge is 2.44. The summed E-state index contributed by atoms with van der Waals surface area (Å²) < 4.78 is 64.4. The molecule has 0 spiro atoms. The third-order valence-electron chi connectivity index (χ3n) is 7.55. The number of aromatic nitrogens is 6. The smallest absolute Gasteiger partial charge is 0.360 e. The number of fused-ring (bicyclic) bond motifs is 2. The van der Waals surface area contributed by atoms with Gasteiger partial charge in [-0.25, -0.2) is 14.1 Å². The molecule has 1 aromatic carbocycles. The first kappa shape index (κ1) is 28.8. The van der Waals surface area contributed by atoms with Crippen LogP contribution in [0.4, 0.5) is 23.2 Å². The van der Waals surface area contributed by atoms with Crippen LogP contribution in [0.25, 0.3) is 16.8 Å². The SMILES string of the molecule is Cc1c2c(nn1COCC[Si](C)(C)C)C(=O)N(c1ccn3ccnc3c1)C2c1ccc(-c2cnn(C(F)(F)F)c2)cc1F. The van der Waals surface area contributed by atoms with Gasteiger partial charge in [-0.15, -0.1) is 13.2 Å². The fraction of sp³-hybridized carbons (Fsp3) is 0.310. The number of alkyl halides is 3. The van der Waals surface area contributed by atoms with Crippen LogP contribution in [0.2, 0.25) is 25.7 Å². The van der Waals surface area contributed by atoms with Gasteiger partial charge in [0.25, 0.3) is 5.91 Å². The number of pyridine rings is 1. The first-order valence-electron chi connectivity index (χ1n) is 13.6. The van der Waals surface area contributed by atoms with Gasteiger partial charge >= 0.3 is 6.30 Å². The zero-order chi connectivity index (χ0) is 30.7. The van der Waals surface area contributed by atoms with Crippen molar-refractivity contribution in [2.75, 3.05) is 11.5 Å². The van der Waals surface area contributed by atoms with Crippen molar-refractivity contribution in [2.24, 2.45) is 0 Å². The zero-order valence-electron chi connectivity index (χ0n) is 23.9. The number of halogens is 4. The summed E-state index contributed by atoms with van der Waals surface area (Å²) in [7, 11) is -1.31. The summed E-state index contributed by atoms with van der Waals surface area (Å²) in [5, 5.41) is 7.93. The fourth-order valence-corrected chi connectivity index (χ4v) is 5.97. The van der Waals surface area contributed by atoms with E-state index in [2.05, 4.69) is 34.8 Å². The lowest BCUT2D eigenvalue weighted by Gasteiger charge is -2.27. The van der Waals surface area contributed by atoms with E-state index >= 15 is 4.39 Å². The minimum atomic E-state index is -4.69. The molecular weight excluding hydrogens is 582 g/mol. The van der Waals surface area contributed by atoms with Gasteiger partial charge in [-0.3, -0.25) is 9.69 Å². The van der Waals surface area contributed by atoms with Gasteiger partial charge in [0, 0.05) is 67.9 Å². The molecule has 1 amide bonds. The molecular formula is C29H29F4N7O2Si. The van der Waals surface area contributed by atoms with Crippen molar-refractivity contribution in [3.63, 3.8) is 0 Å². The molecule has 9 nitrogen and oxygen atoms in total. The van der Waals surface area contributed by atoms with Gasteiger partial charge in [-0.05, 0) is 30.7 Å². The molecule has 0 radical (unpaired) electrons. The summed E-state index contributed by atoms with van der Waals surface area (Å²) in [5.74, 6) is -1.09. The Kier molecular flexibility index (Phi) is 7.00. The van der Waals surface area contributed by atoms with E-state index in [0.717, 1.165) is 24.5 Å². The average Bonchev–Trinajstić information content (AvgIpc) is 3.71. The maximum Gasteiger partial charge on any atom is 0.504 e. The Balaban J connectivity index is 1.40. The molecule has 5 aromatic rings. The van der Waals surface area contributed by atoms with E-state index in [1.165, 1.54) is 17.0 Å². The second-order valence-corrected chi connectivity index (χ2v) is 17.3. The van der Waals surface area contributed by atoms with Gasteiger partial charge in [-0.1, -0.05) is 31.8 Å². The largest absolute Gasteiger partial charge is 0.504 e. The van der Waals surface area contributed by atoms with Gasteiger partial charge in [0.1, 0.15) is 18.2 Å². The second-order valence-electron chi connectivity index (χ2n) is 11.7.